The molecule has 2 rings (SSSR count). The van der Waals surface area contributed by atoms with Crippen LogP contribution in [-0.2, 0) is 14.4 Å². The third-order valence-electron chi connectivity index (χ3n) is 4.72. The van der Waals surface area contributed by atoms with Crippen LogP contribution in [0.3, 0.4) is 0 Å². The fourth-order valence-electron chi connectivity index (χ4n) is 3.03. The molecular weight excluding hydrogens is 436 g/mol. The van der Waals surface area contributed by atoms with Gasteiger partial charge in [0, 0.05) is 24.2 Å². The summed E-state index contributed by atoms with van der Waals surface area (Å²) in [6.07, 6.45) is 0.183. The number of rotatable bonds is 12. The molecule has 1 heterocycles. The maximum absolute atomic E-state index is 12.3. The lowest BCUT2D eigenvalue weighted by Gasteiger charge is -2.14. The number of benzene rings is 1. The molecule has 1 amide bonds. The van der Waals surface area contributed by atoms with E-state index in [4.69, 9.17) is 21.7 Å². The van der Waals surface area contributed by atoms with Crippen molar-refractivity contribution in [3.63, 3.8) is 0 Å². The van der Waals surface area contributed by atoms with E-state index in [2.05, 4.69) is 20.6 Å². The number of aldehydes is 1. The van der Waals surface area contributed by atoms with Crippen LogP contribution in [0.25, 0.3) is 0 Å². The van der Waals surface area contributed by atoms with Crippen molar-refractivity contribution in [1.82, 2.24) is 15.3 Å². The Morgan fingerprint density at radius 3 is 2.33 bits per heavy atom. The third-order valence-corrected chi connectivity index (χ3v) is 4.72. The highest BCUT2D eigenvalue weighted by Gasteiger charge is 2.22. The van der Waals surface area contributed by atoms with Gasteiger partial charge < -0.3 is 37.1 Å². The molecule has 0 aliphatic rings. The summed E-state index contributed by atoms with van der Waals surface area (Å²) < 4.78 is 0. The highest BCUT2D eigenvalue weighted by molar-refractivity contribution is 5.96. The van der Waals surface area contributed by atoms with Crippen LogP contribution in [0.4, 0.5) is 17.5 Å². The number of aliphatic carboxylic acids is 2. The molecule has 0 aliphatic heterocycles. The van der Waals surface area contributed by atoms with Crippen LogP contribution in [0.5, 0.6) is 0 Å². The summed E-state index contributed by atoms with van der Waals surface area (Å²) in [6.45, 7) is 0.286. The summed E-state index contributed by atoms with van der Waals surface area (Å²) in [6, 6.07) is 4.73. The Kier molecular flexibility index (Phi) is 8.49. The van der Waals surface area contributed by atoms with Crippen molar-refractivity contribution in [2.45, 2.75) is 31.2 Å². The quantitative estimate of drug-likeness (QED) is 0.204. The van der Waals surface area contributed by atoms with Crippen LogP contribution < -0.4 is 27.7 Å². The van der Waals surface area contributed by atoms with Crippen LogP contribution in [0.15, 0.2) is 29.1 Å². The first-order valence-electron chi connectivity index (χ1n) is 9.82. The van der Waals surface area contributed by atoms with Gasteiger partial charge >= 0.3 is 11.9 Å². The predicted molar refractivity (Wildman–Crippen MR) is 118 cm³/mol. The molecule has 0 fully saturated rings. The maximum Gasteiger partial charge on any atom is 0.326 e. The van der Waals surface area contributed by atoms with Crippen LogP contribution in [0.1, 0.15) is 41.1 Å². The second-order valence-electron chi connectivity index (χ2n) is 7.08. The summed E-state index contributed by atoms with van der Waals surface area (Å²) in [7, 11) is 0. The van der Waals surface area contributed by atoms with Crippen molar-refractivity contribution in [2.75, 3.05) is 23.3 Å². The number of hydrogen-bond donors (Lipinski definition) is 7. The number of hydrogen-bond acceptors (Lipinski definition) is 9. The van der Waals surface area contributed by atoms with Gasteiger partial charge in [-0.3, -0.25) is 19.4 Å². The van der Waals surface area contributed by atoms with E-state index in [1.54, 1.807) is 12.1 Å². The van der Waals surface area contributed by atoms with E-state index < -0.39 is 41.8 Å². The lowest BCUT2D eigenvalue weighted by Crippen LogP contribution is -2.41. The second-order valence-corrected chi connectivity index (χ2v) is 7.08. The Morgan fingerprint density at radius 2 is 1.79 bits per heavy atom. The van der Waals surface area contributed by atoms with Gasteiger partial charge in [0.25, 0.3) is 11.5 Å². The second kappa shape index (κ2) is 11.3. The van der Waals surface area contributed by atoms with Gasteiger partial charge in [-0.1, -0.05) is 0 Å². The van der Waals surface area contributed by atoms with Crippen LogP contribution in [-0.4, -0.2) is 56.9 Å². The van der Waals surface area contributed by atoms with E-state index in [0.717, 1.165) is 0 Å². The van der Waals surface area contributed by atoms with Crippen LogP contribution in [0, 0.1) is 0 Å². The summed E-state index contributed by atoms with van der Waals surface area (Å²) >= 11 is 0. The smallest absolute Gasteiger partial charge is 0.326 e. The molecule has 0 radical (unpaired) electrons. The van der Waals surface area contributed by atoms with Crippen molar-refractivity contribution < 1.29 is 29.4 Å². The van der Waals surface area contributed by atoms with E-state index in [1.165, 1.54) is 12.1 Å². The molecule has 1 aromatic heterocycles. The molecule has 2 atom stereocenters. The van der Waals surface area contributed by atoms with E-state index in [0.29, 0.717) is 12.0 Å². The summed E-state index contributed by atoms with van der Waals surface area (Å²) in [5.41, 5.74) is 11.4. The maximum atomic E-state index is 12.3. The topological polar surface area (TPSA) is 231 Å². The number of aromatic nitrogens is 2. The van der Waals surface area contributed by atoms with Crippen molar-refractivity contribution >= 4 is 41.6 Å². The van der Waals surface area contributed by atoms with Crippen molar-refractivity contribution in [2.24, 2.45) is 0 Å². The van der Waals surface area contributed by atoms with Gasteiger partial charge in [0.15, 0.2) is 0 Å². The Hall–Kier alpha value is -4.42. The van der Waals surface area contributed by atoms with Gasteiger partial charge in [0.2, 0.25) is 5.95 Å². The van der Waals surface area contributed by atoms with Crippen molar-refractivity contribution in [3.05, 3.63) is 45.7 Å². The van der Waals surface area contributed by atoms with E-state index in [1.807, 2.05) is 0 Å². The van der Waals surface area contributed by atoms with Gasteiger partial charge in [-0.15, -0.1) is 0 Å². The van der Waals surface area contributed by atoms with Crippen molar-refractivity contribution in [1.29, 1.82) is 0 Å². The number of nitrogen functional groups attached to an aromatic ring is 2. The van der Waals surface area contributed by atoms with Crippen LogP contribution in [0.2, 0.25) is 0 Å². The van der Waals surface area contributed by atoms with Gasteiger partial charge in [-0.25, -0.2) is 4.79 Å². The number of nitrogens with two attached hydrogens (primary N) is 2. The number of H-pyrrole nitrogens is 1. The molecule has 2 aromatic rings. The lowest BCUT2D eigenvalue weighted by atomic mass is 9.98. The molecule has 176 valence electrons. The minimum absolute atomic E-state index is 0.0314. The standard InChI is InChI=1S/C20H24N6O7/c21-16-15(18(31)26-20(22)25-16)11(9-27)7-8-23-12-3-1-10(2-4-12)17(30)24-13(19(32)33)5-6-14(28)29/h1-4,9,11,13,23H,5-8H2,(H,24,30)(H,28,29)(H,32,33)(H5,21,22,25,26,31)/t11?,13-/m0/s1. The third kappa shape index (κ3) is 7.05. The van der Waals surface area contributed by atoms with Gasteiger partial charge in [0.1, 0.15) is 18.1 Å². The molecule has 0 saturated carbocycles. The Labute approximate surface area is 187 Å². The normalized spacial score (nSPS) is 12.4. The van der Waals surface area contributed by atoms with E-state index >= 15 is 0 Å². The number of nitrogens with one attached hydrogen (secondary N) is 3. The first-order valence-corrected chi connectivity index (χ1v) is 9.82. The number of aromatic amines is 1. The Morgan fingerprint density at radius 1 is 1.12 bits per heavy atom. The summed E-state index contributed by atoms with van der Waals surface area (Å²) in [5.74, 6) is -4.23. The molecule has 1 aromatic carbocycles. The number of carboxylic acid groups (broad SMARTS) is 2. The van der Waals surface area contributed by atoms with Gasteiger partial charge in [-0.2, -0.15) is 4.98 Å². The zero-order valence-corrected chi connectivity index (χ0v) is 17.4. The zero-order valence-electron chi connectivity index (χ0n) is 17.4. The Bertz CT molecular complexity index is 1080. The SMILES string of the molecule is Nc1nc(N)c(C(C=O)CCNc2ccc(C(=O)N[C@@H](CCC(=O)O)C(=O)O)cc2)c(=O)[nH]1. The van der Waals surface area contributed by atoms with E-state index in [9.17, 15) is 24.0 Å². The fraction of sp³-hybridized carbons (Fsp3) is 0.300. The molecule has 0 bridgehead atoms. The summed E-state index contributed by atoms with van der Waals surface area (Å²) in [5, 5.41) is 23.1. The minimum Gasteiger partial charge on any atom is -0.481 e. The molecule has 0 saturated heterocycles. The number of nitrogens with zero attached hydrogens (tertiary/aromatic N) is 1. The lowest BCUT2D eigenvalue weighted by molar-refractivity contribution is -0.140. The monoisotopic (exact) mass is 460 g/mol. The molecular formula is C20H24N6O7. The molecule has 33 heavy (non-hydrogen) atoms. The number of carboxylic acids is 2. The average Bonchev–Trinajstić information content (AvgIpc) is 2.74. The number of anilines is 3. The molecule has 13 heteroatoms. The highest BCUT2D eigenvalue weighted by Crippen LogP contribution is 2.19. The van der Waals surface area contributed by atoms with E-state index in [-0.39, 0.29) is 42.3 Å². The first kappa shape index (κ1) is 24.8. The van der Waals surface area contributed by atoms with Gasteiger partial charge in [0.05, 0.1) is 11.5 Å². The molecule has 0 spiro atoms. The molecule has 1 unspecified atom stereocenters. The number of amides is 1. The van der Waals surface area contributed by atoms with Gasteiger partial charge in [-0.05, 0) is 37.1 Å². The summed E-state index contributed by atoms with van der Waals surface area (Å²) in [4.78, 5) is 63.7. The zero-order chi connectivity index (χ0) is 24.5. The van der Waals surface area contributed by atoms with Crippen LogP contribution >= 0.6 is 0 Å². The largest absolute Gasteiger partial charge is 0.481 e. The fourth-order valence-corrected chi connectivity index (χ4v) is 3.03. The molecule has 9 N–H and O–H groups in total. The Balaban J connectivity index is 1.95. The number of carbonyl (C=O) groups is 4. The molecule has 0 aliphatic carbocycles. The predicted octanol–water partition coefficient (Wildman–Crippen LogP) is -0.233. The van der Waals surface area contributed by atoms with Crippen molar-refractivity contribution in [3.8, 4) is 0 Å². The first-order chi connectivity index (χ1) is 15.6. The minimum atomic E-state index is -1.33. The highest BCUT2D eigenvalue weighted by atomic mass is 16.4. The molecule has 13 nitrogen and oxygen atoms in total. The number of carbonyl (C=O) groups excluding carboxylic acids is 2. The average molecular weight is 460 g/mol.